The molecule has 1 aliphatic carbocycles. The van der Waals surface area contributed by atoms with Crippen LogP contribution in [0.15, 0.2) is 18.2 Å². The summed E-state index contributed by atoms with van der Waals surface area (Å²) in [7, 11) is 3.79. The molecule has 114 valence electrons. The summed E-state index contributed by atoms with van der Waals surface area (Å²) in [5.74, 6) is 2.00. The van der Waals surface area contributed by atoms with Crippen molar-refractivity contribution in [3.63, 3.8) is 0 Å². The smallest absolute Gasteiger partial charge is 0.121 e. The normalized spacial score (nSPS) is 18.0. The van der Waals surface area contributed by atoms with Gasteiger partial charge < -0.3 is 15.0 Å². The lowest BCUT2D eigenvalue weighted by Crippen LogP contribution is -2.35. The Bertz CT molecular complexity index is 626. The molecule has 1 aromatic carbocycles. The highest BCUT2D eigenvalue weighted by Crippen LogP contribution is 2.38. The van der Waals surface area contributed by atoms with Crippen molar-refractivity contribution in [3.05, 3.63) is 24.0 Å². The summed E-state index contributed by atoms with van der Waals surface area (Å²) in [5.41, 5.74) is 8.54. The molecule has 4 nitrogen and oxygen atoms in total. The first-order valence-electron chi connectivity index (χ1n) is 7.87. The van der Waals surface area contributed by atoms with Crippen LogP contribution in [0.3, 0.4) is 0 Å². The van der Waals surface area contributed by atoms with Gasteiger partial charge in [0.15, 0.2) is 0 Å². The minimum atomic E-state index is 0.247. The van der Waals surface area contributed by atoms with E-state index in [1.54, 1.807) is 7.11 Å². The number of hydrogen-bond donors (Lipinski definition) is 1. The monoisotopic (exact) mass is 287 g/mol. The number of nitrogens with two attached hydrogens (primary N) is 1. The molecule has 3 rings (SSSR count). The summed E-state index contributed by atoms with van der Waals surface area (Å²) < 4.78 is 7.50. The molecule has 0 atom stereocenters. The van der Waals surface area contributed by atoms with E-state index >= 15 is 0 Å². The number of aryl methyl sites for hydroxylation is 1. The van der Waals surface area contributed by atoms with Gasteiger partial charge in [0.05, 0.1) is 18.1 Å². The van der Waals surface area contributed by atoms with Crippen LogP contribution in [-0.4, -0.2) is 23.2 Å². The second-order valence-electron chi connectivity index (χ2n) is 6.38. The molecule has 1 aromatic heterocycles. The van der Waals surface area contributed by atoms with Gasteiger partial charge in [-0.1, -0.05) is 19.3 Å². The van der Waals surface area contributed by atoms with E-state index in [0.29, 0.717) is 0 Å². The maximum Gasteiger partial charge on any atom is 0.121 e. The molecule has 21 heavy (non-hydrogen) atoms. The Morgan fingerprint density at radius 1 is 1.29 bits per heavy atom. The van der Waals surface area contributed by atoms with Crippen LogP contribution in [-0.2, 0) is 13.5 Å². The van der Waals surface area contributed by atoms with Gasteiger partial charge in [-0.2, -0.15) is 0 Å². The first-order valence-corrected chi connectivity index (χ1v) is 7.87. The van der Waals surface area contributed by atoms with Crippen molar-refractivity contribution in [1.29, 1.82) is 0 Å². The van der Waals surface area contributed by atoms with E-state index in [0.717, 1.165) is 35.6 Å². The van der Waals surface area contributed by atoms with Crippen LogP contribution in [0, 0.1) is 5.41 Å². The lowest BCUT2D eigenvalue weighted by Gasteiger charge is -2.36. The van der Waals surface area contributed by atoms with E-state index in [4.69, 9.17) is 15.5 Å². The van der Waals surface area contributed by atoms with Gasteiger partial charge in [-0.05, 0) is 36.9 Å². The second kappa shape index (κ2) is 5.68. The zero-order chi connectivity index (χ0) is 14.9. The van der Waals surface area contributed by atoms with Crippen molar-refractivity contribution in [2.24, 2.45) is 18.2 Å². The molecular weight excluding hydrogens is 262 g/mol. The fraction of sp³-hybridized carbons (Fsp3) is 0.588. The van der Waals surface area contributed by atoms with Crippen molar-refractivity contribution in [1.82, 2.24) is 9.55 Å². The minimum absolute atomic E-state index is 0.247. The molecule has 1 saturated carbocycles. The van der Waals surface area contributed by atoms with Gasteiger partial charge in [0.25, 0.3) is 0 Å². The third-order valence-electron chi connectivity index (χ3n) is 5.06. The number of hydrogen-bond acceptors (Lipinski definition) is 3. The van der Waals surface area contributed by atoms with Crippen LogP contribution in [0.25, 0.3) is 11.0 Å². The Morgan fingerprint density at radius 3 is 2.71 bits per heavy atom. The quantitative estimate of drug-likeness (QED) is 0.940. The topological polar surface area (TPSA) is 53.1 Å². The maximum absolute atomic E-state index is 6.12. The second-order valence-corrected chi connectivity index (χ2v) is 6.38. The average molecular weight is 287 g/mol. The number of methoxy groups -OCH3 is 1. The van der Waals surface area contributed by atoms with E-state index in [9.17, 15) is 0 Å². The SMILES string of the molecule is COc1ccc2c(c1)nc(CC1(CN)CCCCC1)n2C. The lowest BCUT2D eigenvalue weighted by molar-refractivity contribution is 0.192. The fourth-order valence-electron chi connectivity index (χ4n) is 3.60. The van der Waals surface area contributed by atoms with Crippen molar-refractivity contribution in [2.75, 3.05) is 13.7 Å². The molecule has 0 aliphatic heterocycles. The van der Waals surface area contributed by atoms with E-state index in [1.165, 1.54) is 32.1 Å². The number of ether oxygens (including phenoxy) is 1. The van der Waals surface area contributed by atoms with Crippen molar-refractivity contribution in [2.45, 2.75) is 38.5 Å². The van der Waals surface area contributed by atoms with Crippen molar-refractivity contribution >= 4 is 11.0 Å². The van der Waals surface area contributed by atoms with Crippen LogP contribution < -0.4 is 10.5 Å². The number of benzene rings is 1. The minimum Gasteiger partial charge on any atom is -0.497 e. The maximum atomic E-state index is 6.12. The van der Waals surface area contributed by atoms with Gasteiger partial charge in [-0.25, -0.2) is 4.98 Å². The van der Waals surface area contributed by atoms with Gasteiger partial charge in [-0.15, -0.1) is 0 Å². The van der Waals surface area contributed by atoms with Crippen molar-refractivity contribution < 1.29 is 4.74 Å². The first-order chi connectivity index (χ1) is 10.2. The Hall–Kier alpha value is -1.55. The third-order valence-corrected chi connectivity index (χ3v) is 5.06. The number of aromatic nitrogens is 2. The largest absolute Gasteiger partial charge is 0.497 e. The number of imidazole rings is 1. The molecule has 4 heteroatoms. The Kier molecular flexibility index (Phi) is 3.89. The van der Waals surface area contributed by atoms with E-state index in [1.807, 2.05) is 12.1 Å². The van der Waals surface area contributed by atoms with Gasteiger partial charge in [0, 0.05) is 19.5 Å². The fourth-order valence-corrected chi connectivity index (χ4v) is 3.60. The standard InChI is InChI=1S/C17H25N3O/c1-20-15-7-6-13(21-2)10-14(15)19-16(20)11-17(12-18)8-4-3-5-9-17/h6-7,10H,3-5,8-9,11-12,18H2,1-2H3. The van der Waals surface area contributed by atoms with Crippen LogP contribution in [0.1, 0.15) is 37.9 Å². The molecule has 0 saturated heterocycles. The molecule has 2 aromatic rings. The third kappa shape index (κ3) is 2.64. The molecule has 0 amide bonds. The lowest BCUT2D eigenvalue weighted by atomic mass is 9.71. The summed E-state index contributed by atoms with van der Waals surface area (Å²) in [6.07, 6.45) is 7.40. The molecule has 0 unspecified atom stereocenters. The highest BCUT2D eigenvalue weighted by atomic mass is 16.5. The zero-order valence-electron chi connectivity index (χ0n) is 13.1. The molecule has 1 aliphatic rings. The molecule has 0 bridgehead atoms. The van der Waals surface area contributed by atoms with Crippen LogP contribution in [0.5, 0.6) is 5.75 Å². The average Bonchev–Trinajstić information content (AvgIpc) is 2.83. The van der Waals surface area contributed by atoms with Gasteiger partial charge >= 0.3 is 0 Å². The Morgan fingerprint density at radius 2 is 2.05 bits per heavy atom. The van der Waals surface area contributed by atoms with E-state index in [2.05, 4.69) is 17.7 Å². The highest BCUT2D eigenvalue weighted by molar-refractivity contribution is 5.77. The summed E-state index contributed by atoms with van der Waals surface area (Å²) >= 11 is 0. The number of nitrogens with zero attached hydrogens (tertiary/aromatic N) is 2. The van der Waals surface area contributed by atoms with Crippen LogP contribution in [0.2, 0.25) is 0 Å². The zero-order valence-corrected chi connectivity index (χ0v) is 13.1. The number of fused-ring (bicyclic) bond motifs is 1. The summed E-state index contributed by atoms with van der Waals surface area (Å²) in [4.78, 5) is 4.84. The summed E-state index contributed by atoms with van der Waals surface area (Å²) in [5, 5.41) is 0. The van der Waals surface area contributed by atoms with E-state index < -0.39 is 0 Å². The molecular formula is C17H25N3O. The predicted molar refractivity (Wildman–Crippen MR) is 85.5 cm³/mol. The van der Waals surface area contributed by atoms with Gasteiger partial charge in [0.1, 0.15) is 11.6 Å². The van der Waals surface area contributed by atoms with Crippen LogP contribution in [0.4, 0.5) is 0 Å². The predicted octanol–water partition coefficient (Wildman–Crippen LogP) is 3.03. The molecule has 0 radical (unpaired) electrons. The Labute approximate surface area is 126 Å². The molecule has 0 spiro atoms. The molecule has 1 heterocycles. The summed E-state index contributed by atoms with van der Waals surface area (Å²) in [6.45, 7) is 0.763. The highest BCUT2D eigenvalue weighted by Gasteiger charge is 2.32. The van der Waals surface area contributed by atoms with Gasteiger partial charge in [-0.3, -0.25) is 0 Å². The van der Waals surface area contributed by atoms with Gasteiger partial charge in [0.2, 0.25) is 0 Å². The number of rotatable bonds is 4. The summed E-state index contributed by atoms with van der Waals surface area (Å²) in [6, 6.07) is 6.09. The van der Waals surface area contributed by atoms with Crippen LogP contribution >= 0.6 is 0 Å². The van der Waals surface area contributed by atoms with E-state index in [-0.39, 0.29) is 5.41 Å². The molecule has 2 N–H and O–H groups in total. The molecule has 1 fully saturated rings. The first kappa shape index (κ1) is 14.4. The Balaban J connectivity index is 1.94. The van der Waals surface area contributed by atoms with Crippen molar-refractivity contribution in [3.8, 4) is 5.75 Å².